The van der Waals surface area contributed by atoms with Crippen molar-refractivity contribution in [2.75, 3.05) is 6.54 Å². The molecule has 2 rings (SSSR count). The van der Waals surface area contributed by atoms with Crippen LogP contribution in [0, 0.1) is 0 Å². The molecule has 0 amide bonds. The van der Waals surface area contributed by atoms with Crippen LogP contribution in [0.15, 0.2) is 21.5 Å². The maximum absolute atomic E-state index is 3.51. The van der Waals surface area contributed by atoms with Crippen LogP contribution in [0.5, 0.6) is 0 Å². The lowest BCUT2D eigenvalue weighted by atomic mass is 10.2. The van der Waals surface area contributed by atoms with Gasteiger partial charge >= 0.3 is 0 Å². The summed E-state index contributed by atoms with van der Waals surface area (Å²) in [7, 11) is 0. The third kappa shape index (κ3) is 3.23. The SMILES string of the molecule is CC(=Cc1cc(Br)cs1)CNC1CC1. The molecule has 1 aliphatic rings. The van der Waals surface area contributed by atoms with Crippen LogP contribution in [0.2, 0.25) is 0 Å². The van der Waals surface area contributed by atoms with Gasteiger partial charge in [-0.15, -0.1) is 11.3 Å². The molecule has 0 saturated heterocycles. The molecule has 14 heavy (non-hydrogen) atoms. The van der Waals surface area contributed by atoms with Gasteiger partial charge in [0.25, 0.3) is 0 Å². The van der Waals surface area contributed by atoms with Crippen LogP contribution in [-0.4, -0.2) is 12.6 Å². The molecule has 1 saturated carbocycles. The minimum Gasteiger partial charge on any atom is -0.310 e. The van der Waals surface area contributed by atoms with E-state index < -0.39 is 0 Å². The minimum atomic E-state index is 0.799. The third-order valence-electron chi connectivity index (χ3n) is 2.22. The number of hydrogen-bond donors (Lipinski definition) is 1. The number of thiophene rings is 1. The summed E-state index contributed by atoms with van der Waals surface area (Å²) >= 11 is 5.24. The van der Waals surface area contributed by atoms with Crippen molar-refractivity contribution in [1.29, 1.82) is 0 Å². The Bertz CT molecular complexity index is 339. The number of halogens is 1. The summed E-state index contributed by atoms with van der Waals surface area (Å²) in [6.45, 7) is 3.21. The Hall–Kier alpha value is -0.120. The van der Waals surface area contributed by atoms with Gasteiger partial charge in [-0.25, -0.2) is 0 Å². The smallest absolute Gasteiger partial charge is 0.0288 e. The molecule has 0 unspecified atom stereocenters. The van der Waals surface area contributed by atoms with Crippen molar-refractivity contribution < 1.29 is 0 Å². The van der Waals surface area contributed by atoms with Gasteiger partial charge < -0.3 is 5.32 Å². The summed E-state index contributed by atoms with van der Waals surface area (Å²) in [5.41, 5.74) is 1.41. The van der Waals surface area contributed by atoms with Crippen molar-refractivity contribution in [3.05, 3.63) is 26.4 Å². The molecular formula is C11H14BrNS. The first-order valence-corrected chi connectivity index (χ1v) is 6.56. The van der Waals surface area contributed by atoms with Crippen molar-refractivity contribution in [2.45, 2.75) is 25.8 Å². The molecule has 0 aliphatic heterocycles. The van der Waals surface area contributed by atoms with Crippen LogP contribution < -0.4 is 5.32 Å². The first-order chi connectivity index (χ1) is 6.74. The maximum atomic E-state index is 3.51. The van der Waals surface area contributed by atoms with Crippen LogP contribution in [0.1, 0.15) is 24.6 Å². The zero-order chi connectivity index (χ0) is 9.97. The van der Waals surface area contributed by atoms with Gasteiger partial charge in [0.2, 0.25) is 0 Å². The first-order valence-electron chi connectivity index (χ1n) is 4.88. The molecular weight excluding hydrogens is 258 g/mol. The highest BCUT2D eigenvalue weighted by Gasteiger charge is 2.19. The number of rotatable bonds is 4. The van der Waals surface area contributed by atoms with E-state index in [0.717, 1.165) is 12.6 Å². The molecule has 1 heterocycles. The summed E-state index contributed by atoms with van der Waals surface area (Å²) in [6, 6.07) is 2.96. The van der Waals surface area contributed by atoms with Crippen molar-refractivity contribution in [2.24, 2.45) is 0 Å². The van der Waals surface area contributed by atoms with E-state index in [1.165, 1.54) is 27.8 Å². The molecule has 1 fully saturated rings. The lowest BCUT2D eigenvalue weighted by Crippen LogP contribution is -2.18. The van der Waals surface area contributed by atoms with Gasteiger partial charge in [-0.1, -0.05) is 5.57 Å². The van der Waals surface area contributed by atoms with Gasteiger partial charge in [-0.2, -0.15) is 0 Å². The van der Waals surface area contributed by atoms with E-state index in [1.807, 2.05) is 0 Å². The molecule has 76 valence electrons. The molecule has 0 atom stereocenters. The summed E-state index contributed by atoms with van der Waals surface area (Å²) in [4.78, 5) is 1.33. The molecule has 0 radical (unpaired) electrons. The van der Waals surface area contributed by atoms with Gasteiger partial charge in [-0.05, 0) is 47.8 Å². The second-order valence-electron chi connectivity index (χ2n) is 3.81. The Morgan fingerprint density at radius 3 is 3.07 bits per heavy atom. The standard InChI is InChI=1S/C11H14BrNS/c1-8(6-13-10-2-3-10)4-11-5-9(12)7-14-11/h4-5,7,10,13H,2-3,6H2,1H3. The summed E-state index contributed by atoms with van der Waals surface area (Å²) in [5.74, 6) is 0. The van der Waals surface area contributed by atoms with Gasteiger partial charge in [-0.3, -0.25) is 0 Å². The van der Waals surface area contributed by atoms with Crippen molar-refractivity contribution in [3.63, 3.8) is 0 Å². The van der Waals surface area contributed by atoms with Gasteiger partial charge in [0, 0.05) is 27.3 Å². The molecule has 1 N–H and O–H groups in total. The van der Waals surface area contributed by atoms with Crippen LogP contribution >= 0.6 is 27.3 Å². The Kier molecular flexibility index (Phi) is 3.42. The van der Waals surface area contributed by atoms with E-state index in [9.17, 15) is 0 Å². The zero-order valence-corrected chi connectivity index (χ0v) is 10.6. The Labute approximate surface area is 97.3 Å². The Morgan fingerprint density at radius 2 is 2.50 bits per heavy atom. The predicted octanol–water partition coefficient (Wildman–Crippen LogP) is 3.67. The maximum Gasteiger partial charge on any atom is 0.0288 e. The fourth-order valence-electron chi connectivity index (χ4n) is 1.29. The van der Waals surface area contributed by atoms with E-state index in [4.69, 9.17) is 0 Å². The quantitative estimate of drug-likeness (QED) is 0.882. The fraction of sp³-hybridized carbons (Fsp3) is 0.455. The fourth-order valence-corrected chi connectivity index (χ4v) is 2.75. The largest absolute Gasteiger partial charge is 0.310 e. The summed E-state index contributed by atoms with van der Waals surface area (Å²) < 4.78 is 1.18. The van der Waals surface area contributed by atoms with E-state index in [1.54, 1.807) is 11.3 Å². The predicted molar refractivity (Wildman–Crippen MR) is 66.7 cm³/mol. The topological polar surface area (TPSA) is 12.0 Å². The molecule has 0 bridgehead atoms. The van der Waals surface area contributed by atoms with E-state index in [0.29, 0.717) is 0 Å². The average Bonchev–Trinajstić information content (AvgIpc) is 2.88. The lowest BCUT2D eigenvalue weighted by molar-refractivity contribution is 0.736. The first kappa shape index (κ1) is 10.4. The van der Waals surface area contributed by atoms with Gasteiger partial charge in [0.1, 0.15) is 0 Å². The molecule has 0 aromatic carbocycles. The number of nitrogens with one attached hydrogen (secondary N) is 1. The highest BCUT2D eigenvalue weighted by Crippen LogP contribution is 2.22. The lowest BCUT2D eigenvalue weighted by Gasteiger charge is -2.01. The highest BCUT2D eigenvalue weighted by atomic mass is 79.9. The monoisotopic (exact) mass is 271 g/mol. The van der Waals surface area contributed by atoms with Crippen LogP contribution in [0.3, 0.4) is 0 Å². The molecule has 1 aromatic rings. The molecule has 3 heteroatoms. The Morgan fingerprint density at radius 1 is 1.71 bits per heavy atom. The highest BCUT2D eigenvalue weighted by molar-refractivity contribution is 9.10. The molecule has 0 spiro atoms. The zero-order valence-electron chi connectivity index (χ0n) is 8.22. The summed E-state index contributed by atoms with van der Waals surface area (Å²) in [6.07, 6.45) is 4.97. The second-order valence-corrected chi connectivity index (χ2v) is 5.67. The summed E-state index contributed by atoms with van der Waals surface area (Å²) in [5, 5.41) is 5.63. The average molecular weight is 272 g/mol. The Balaban J connectivity index is 1.88. The number of hydrogen-bond acceptors (Lipinski definition) is 2. The molecule has 1 nitrogen and oxygen atoms in total. The minimum absolute atomic E-state index is 0.799. The molecule has 1 aliphatic carbocycles. The van der Waals surface area contributed by atoms with Gasteiger partial charge in [0.15, 0.2) is 0 Å². The van der Waals surface area contributed by atoms with E-state index >= 15 is 0 Å². The van der Waals surface area contributed by atoms with Crippen LogP contribution in [0.4, 0.5) is 0 Å². The van der Waals surface area contributed by atoms with Crippen molar-refractivity contribution in [3.8, 4) is 0 Å². The van der Waals surface area contributed by atoms with E-state index in [2.05, 4.69) is 45.7 Å². The molecule has 1 aromatic heterocycles. The van der Waals surface area contributed by atoms with Crippen molar-refractivity contribution in [1.82, 2.24) is 5.32 Å². The van der Waals surface area contributed by atoms with E-state index in [-0.39, 0.29) is 0 Å². The normalized spacial score (nSPS) is 17.4. The van der Waals surface area contributed by atoms with Gasteiger partial charge in [0.05, 0.1) is 0 Å². The van der Waals surface area contributed by atoms with Crippen LogP contribution in [-0.2, 0) is 0 Å². The van der Waals surface area contributed by atoms with Crippen LogP contribution in [0.25, 0.3) is 6.08 Å². The van der Waals surface area contributed by atoms with Crippen molar-refractivity contribution >= 4 is 33.3 Å². The third-order valence-corrected chi connectivity index (χ3v) is 3.86. The second kappa shape index (κ2) is 4.60.